The van der Waals surface area contributed by atoms with Crippen LogP contribution in [0.15, 0.2) is 78.9 Å². The van der Waals surface area contributed by atoms with Gasteiger partial charge in [-0.05, 0) is 36.8 Å². The predicted molar refractivity (Wildman–Crippen MR) is 119 cm³/mol. The molecule has 146 valence electrons. The molecule has 2 aromatic heterocycles. The van der Waals surface area contributed by atoms with Crippen LogP contribution in [0.1, 0.15) is 21.7 Å². The number of pyridine rings is 1. The van der Waals surface area contributed by atoms with Gasteiger partial charge in [0.2, 0.25) is 0 Å². The van der Waals surface area contributed by atoms with Crippen LogP contribution in [0.4, 0.5) is 0 Å². The average molecular weight is 392 g/mol. The SMILES string of the molecule is Cc1ccc2nc(CNC(=O)c3cc(-c4ccccc4)nc4ccccc34)[nH]c2c1. The third kappa shape index (κ3) is 3.42. The fourth-order valence-electron chi connectivity index (χ4n) is 3.64. The van der Waals surface area contributed by atoms with Crippen molar-refractivity contribution in [2.45, 2.75) is 13.5 Å². The van der Waals surface area contributed by atoms with E-state index in [0.29, 0.717) is 12.1 Å². The number of rotatable bonds is 4. The number of amides is 1. The number of H-pyrrole nitrogens is 1. The Bertz CT molecular complexity index is 1370. The fraction of sp³-hybridized carbons (Fsp3) is 0.0800. The van der Waals surface area contributed by atoms with E-state index in [4.69, 9.17) is 4.98 Å². The van der Waals surface area contributed by atoms with Crippen LogP contribution in [0.5, 0.6) is 0 Å². The molecule has 5 heteroatoms. The number of carbonyl (C=O) groups is 1. The maximum atomic E-state index is 13.1. The summed E-state index contributed by atoms with van der Waals surface area (Å²) in [7, 11) is 0. The van der Waals surface area contributed by atoms with Gasteiger partial charge in [-0.25, -0.2) is 9.97 Å². The number of carbonyl (C=O) groups excluding carboxylic acids is 1. The number of nitrogens with one attached hydrogen (secondary N) is 2. The second-order valence-electron chi connectivity index (χ2n) is 7.33. The first-order valence-corrected chi connectivity index (χ1v) is 9.86. The second kappa shape index (κ2) is 7.44. The lowest BCUT2D eigenvalue weighted by Gasteiger charge is -2.10. The maximum absolute atomic E-state index is 13.1. The third-order valence-electron chi connectivity index (χ3n) is 5.13. The topological polar surface area (TPSA) is 70.7 Å². The molecule has 2 heterocycles. The summed E-state index contributed by atoms with van der Waals surface area (Å²) in [4.78, 5) is 25.7. The number of benzene rings is 3. The molecule has 3 aromatic carbocycles. The molecule has 1 amide bonds. The van der Waals surface area contributed by atoms with Gasteiger partial charge in [0.05, 0.1) is 34.4 Å². The molecule has 0 bridgehead atoms. The molecule has 2 N–H and O–H groups in total. The number of fused-ring (bicyclic) bond motifs is 2. The number of hydrogen-bond donors (Lipinski definition) is 2. The van der Waals surface area contributed by atoms with Crippen LogP contribution < -0.4 is 5.32 Å². The summed E-state index contributed by atoms with van der Waals surface area (Å²) < 4.78 is 0. The Morgan fingerprint density at radius 3 is 2.57 bits per heavy atom. The lowest BCUT2D eigenvalue weighted by Crippen LogP contribution is -2.23. The zero-order chi connectivity index (χ0) is 20.5. The Morgan fingerprint density at radius 1 is 0.900 bits per heavy atom. The largest absolute Gasteiger partial charge is 0.345 e. The number of para-hydroxylation sites is 1. The van der Waals surface area contributed by atoms with Crippen molar-refractivity contribution in [1.29, 1.82) is 0 Å². The smallest absolute Gasteiger partial charge is 0.252 e. The highest BCUT2D eigenvalue weighted by Gasteiger charge is 2.14. The lowest BCUT2D eigenvalue weighted by atomic mass is 10.0. The lowest BCUT2D eigenvalue weighted by molar-refractivity contribution is 0.0951. The van der Waals surface area contributed by atoms with Crippen LogP contribution in [-0.4, -0.2) is 20.9 Å². The normalized spacial score (nSPS) is 11.1. The summed E-state index contributed by atoms with van der Waals surface area (Å²) in [6.45, 7) is 2.37. The molecule has 0 aliphatic rings. The first-order valence-electron chi connectivity index (χ1n) is 9.86. The van der Waals surface area contributed by atoms with Gasteiger partial charge in [0.1, 0.15) is 5.82 Å². The standard InChI is InChI=1S/C25H20N4O/c1-16-11-12-21-23(13-16)29-24(28-21)15-26-25(30)19-14-22(17-7-3-2-4-8-17)27-20-10-6-5-9-18(19)20/h2-14H,15H2,1H3,(H,26,30)(H,28,29). The van der Waals surface area contributed by atoms with Crippen molar-refractivity contribution in [3.8, 4) is 11.3 Å². The molecule has 0 aliphatic carbocycles. The Kier molecular flexibility index (Phi) is 4.48. The number of nitrogens with zero attached hydrogens (tertiary/aromatic N) is 2. The molecule has 0 saturated carbocycles. The van der Waals surface area contributed by atoms with Crippen molar-refractivity contribution in [3.63, 3.8) is 0 Å². The summed E-state index contributed by atoms with van der Waals surface area (Å²) in [5, 5.41) is 3.83. The quantitative estimate of drug-likeness (QED) is 0.451. The minimum atomic E-state index is -0.151. The van der Waals surface area contributed by atoms with Gasteiger partial charge in [0.25, 0.3) is 5.91 Å². The molecule has 0 aliphatic heterocycles. The van der Waals surface area contributed by atoms with Crippen molar-refractivity contribution < 1.29 is 4.79 Å². The van der Waals surface area contributed by atoms with Gasteiger partial charge >= 0.3 is 0 Å². The van der Waals surface area contributed by atoms with Crippen molar-refractivity contribution in [3.05, 3.63) is 95.8 Å². The molecule has 5 rings (SSSR count). The minimum Gasteiger partial charge on any atom is -0.345 e. The van der Waals surface area contributed by atoms with E-state index in [1.807, 2.05) is 79.7 Å². The molecular formula is C25H20N4O. The Labute approximate surface area is 173 Å². The van der Waals surface area contributed by atoms with Crippen molar-refractivity contribution in [2.24, 2.45) is 0 Å². The van der Waals surface area contributed by atoms with Crippen molar-refractivity contribution in [2.75, 3.05) is 0 Å². The first kappa shape index (κ1) is 18.1. The van der Waals surface area contributed by atoms with E-state index in [9.17, 15) is 4.79 Å². The van der Waals surface area contributed by atoms with Crippen molar-refractivity contribution >= 4 is 27.8 Å². The monoisotopic (exact) mass is 392 g/mol. The number of aromatic nitrogens is 3. The predicted octanol–water partition coefficient (Wildman–Crippen LogP) is 5.02. The molecule has 30 heavy (non-hydrogen) atoms. The zero-order valence-electron chi connectivity index (χ0n) is 16.5. The van der Waals surface area contributed by atoms with Gasteiger partial charge < -0.3 is 10.3 Å². The highest BCUT2D eigenvalue weighted by atomic mass is 16.1. The molecule has 0 fully saturated rings. The highest BCUT2D eigenvalue weighted by Crippen LogP contribution is 2.25. The molecule has 0 saturated heterocycles. The van der Waals surface area contributed by atoms with Gasteiger partial charge in [-0.15, -0.1) is 0 Å². The number of imidazole rings is 1. The van der Waals surface area contributed by atoms with Crippen LogP contribution in [0.3, 0.4) is 0 Å². The Balaban J connectivity index is 1.47. The van der Waals surface area contributed by atoms with Gasteiger partial charge in [-0.3, -0.25) is 4.79 Å². The summed E-state index contributed by atoms with van der Waals surface area (Å²) in [5.41, 5.74) is 6.18. The summed E-state index contributed by atoms with van der Waals surface area (Å²) in [5.74, 6) is 0.577. The average Bonchev–Trinajstić information content (AvgIpc) is 3.19. The first-order chi connectivity index (χ1) is 14.7. The molecule has 0 unspecified atom stereocenters. The maximum Gasteiger partial charge on any atom is 0.252 e. The van der Waals surface area contributed by atoms with E-state index >= 15 is 0 Å². The van der Waals surface area contributed by atoms with Crippen LogP contribution in [0.2, 0.25) is 0 Å². The zero-order valence-corrected chi connectivity index (χ0v) is 16.5. The molecule has 5 aromatic rings. The van der Waals surface area contributed by atoms with Gasteiger partial charge in [0.15, 0.2) is 0 Å². The summed E-state index contributed by atoms with van der Waals surface area (Å²) in [6, 6.07) is 25.5. The van der Waals surface area contributed by atoms with Crippen LogP contribution in [-0.2, 0) is 6.54 Å². The molecule has 0 atom stereocenters. The van der Waals surface area contributed by atoms with E-state index in [1.165, 1.54) is 5.56 Å². The van der Waals surface area contributed by atoms with E-state index in [-0.39, 0.29) is 5.91 Å². The van der Waals surface area contributed by atoms with E-state index in [1.54, 1.807) is 0 Å². The van der Waals surface area contributed by atoms with E-state index in [0.717, 1.165) is 39.0 Å². The van der Waals surface area contributed by atoms with Crippen LogP contribution in [0.25, 0.3) is 33.2 Å². The number of aryl methyl sites for hydroxylation is 1. The highest BCUT2D eigenvalue weighted by molar-refractivity contribution is 6.07. The van der Waals surface area contributed by atoms with E-state index < -0.39 is 0 Å². The molecule has 5 nitrogen and oxygen atoms in total. The summed E-state index contributed by atoms with van der Waals surface area (Å²) in [6.07, 6.45) is 0. The van der Waals surface area contributed by atoms with Gasteiger partial charge in [-0.2, -0.15) is 0 Å². The van der Waals surface area contributed by atoms with Crippen LogP contribution in [0, 0.1) is 6.92 Å². The molecular weight excluding hydrogens is 372 g/mol. The summed E-state index contributed by atoms with van der Waals surface area (Å²) >= 11 is 0. The van der Waals surface area contributed by atoms with E-state index in [2.05, 4.69) is 21.4 Å². The van der Waals surface area contributed by atoms with Gasteiger partial charge in [0, 0.05) is 10.9 Å². The molecule has 0 spiro atoms. The van der Waals surface area contributed by atoms with Crippen LogP contribution >= 0.6 is 0 Å². The fourth-order valence-corrected chi connectivity index (χ4v) is 3.64. The Morgan fingerprint density at radius 2 is 1.70 bits per heavy atom. The van der Waals surface area contributed by atoms with Crippen molar-refractivity contribution in [1.82, 2.24) is 20.3 Å². The third-order valence-corrected chi connectivity index (χ3v) is 5.13. The number of aromatic amines is 1. The molecule has 0 radical (unpaired) electrons. The minimum absolute atomic E-state index is 0.151. The number of hydrogen-bond acceptors (Lipinski definition) is 3. The Hall–Kier alpha value is -3.99. The van der Waals surface area contributed by atoms with Gasteiger partial charge in [-0.1, -0.05) is 54.6 Å². The second-order valence-corrected chi connectivity index (χ2v) is 7.33.